The third kappa shape index (κ3) is 3.85. The second-order valence-corrected chi connectivity index (χ2v) is 5.22. The highest BCUT2D eigenvalue weighted by Gasteiger charge is 2.49. The van der Waals surface area contributed by atoms with Crippen LogP contribution in [0.4, 0.5) is 13.2 Å². The molecule has 0 aromatic heterocycles. The second-order valence-electron chi connectivity index (χ2n) is 5.22. The van der Waals surface area contributed by atoms with Gasteiger partial charge in [0.1, 0.15) is 11.6 Å². The molecule has 1 aliphatic rings. The summed E-state index contributed by atoms with van der Waals surface area (Å²) in [5.41, 5.74) is -0.728. The fourth-order valence-corrected chi connectivity index (χ4v) is 1.70. The minimum absolute atomic E-state index is 0.338. The zero-order valence-corrected chi connectivity index (χ0v) is 10.0. The highest BCUT2D eigenvalue weighted by Crippen LogP contribution is 2.35. The number of rotatable bonds is 1. The first-order valence-electron chi connectivity index (χ1n) is 5.31. The van der Waals surface area contributed by atoms with Crippen molar-refractivity contribution >= 4 is 5.97 Å². The molecule has 0 saturated carbocycles. The van der Waals surface area contributed by atoms with E-state index in [0.717, 1.165) is 5.01 Å². The van der Waals surface area contributed by atoms with Crippen LogP contribution in [0.3, 0.4) is 0 Å². The van der Waals surface area contributed by atoms with Crippen LogP contribution in [0.2, 0.25) is 0 Å². The van der Waals surface area contributed by atoms with Crippen molar-refractivity contribution in [1.29, 1.82) is 0 Å². The summed E-state index contributed by atoms with van der Waals surface area (Å²) in [6.07, 6.45) is -4.66. The van der Waals surface area contributed by atoms with Crippen molar-refractivity contribution in [2.45, 2.75) is 45.0 Å². The predicted octanol–water partition coefficient (Wildman–Crippen LogP) is 1.45. The molecule has 1 rings (SSSR count). The Morgan fingerprint density at radius 1 is 1.35 bits per heavy atom. The van der Waals surface area contributed by atoms with Crippen molar-refractivity contribution in [2.24, 2.45) is 11.8 Å². The predicted molar refractivity (Wildman–Crippen MR) is 54.7 cm³/mol. The zero-order chi connectivity index (χ0) is 13.4. The molecule has 4 nitrogen and oxygen atoms in total. The summed E-state index contributed by atoms with van der Waals surface area (Å²) in [6.45, 7) is 4.60. The second kappa shape index (κ2) is 4.45. The maximum atomic E-state index is 12.5. The van der Waals surface area contributed by atoms with Gasteiger partial charge in [0, 0.05) is 6.54 Å². The molecule has 7 heteroatoms. The number of nitrogens with two attached hydrogens (primary N) is 1. The van der Waals surface area contributed by atoms with E-state index in [1.165, 1.54) is 0 Å². The van der Waals surface area contributed by atoms with Crippen molar-refractivity contribution < 1.29 is 22.7 Å². The maximum absolute atomic E-state index is 12.5. The molecule has 0 aromatic rings. The average molecular weight is 254 g/mol. The number of hydrazine groups is 1. The van der Waals surface area contributed by atoms with E-state index in [2.05, 4.69) is 0 Å². The third-order valence-electron chi connectivity index (χ3n) is 2.48. The van der Waals surface area contributed by atoms with Crippen LogP contribution >= 0.6 is 0 Å². The standard InChI is InChI=1S/C10H17F3N2O2/c1-9(2,3)17-8(16)7-4-6(5-15(7)14)10(11,12)13/h6-7H,4-5,14H2,1-3H3. The summed E-state index contributed by atoms with van der Waals surface area (Å²) in [6, 6.07) is -1.01. The summed E-state index contributed by atoms with van der Waals surface area (Å²) in [4.78, 5) is 11.6. The van der Waals surface area contributed by atoms with Crippen LogP contribution in [0.15, 0.2) is 0 Å². The first kappa shape index (κ1) is 14.2. The Morgan fingerprint density at radius 3 is 2.24 bits per heavy atom. The van der Waals surface area contributed by atoms with Crippen LogP contribution in [0.25, 0.3) is 0 Å². The van der Waals surface area contributed by atoms with Gasteiger partial charge in [0.15, 0.2) is 0 Å². The minimum atomic E-state index is -4.33. The molecule has 0 aromatic carbocycles. The molecule has 17 heavy (non-hydrogen) atoms. The number of alkyl halides is 3. The molecule has 0 bridgehead atoms. The van der Waals surface area contributed by atoms with Crippen molar-refractivity contribution in [3.8, 4) is 0 Å². The van der Waals surface area contributed by atoms with E-state index in [-0.39, 0.29) is 13.0 Å². The molecule has 2 atom stereocenters. The van der Waals surface area contributed by atoms with E-state index in [9.17, 15) is 18.0 Å². The van der Waals surface area contributed by atoms with E-state index in [0.29, 0.717) is 0 Å². The van der Waals surface area contributed by atoms with Crippen LogP contribution in [0.5, 0.6) is 0 Å². The van der Waals surface area contributed by atoms with Gasteiger partial charge in [0.05, 0.1) is 5.92 Å². The quantitative estimate of drug-likeness (QED) is 0.568. The SMILES string of the molecule is CC(C)(C)OC(=O)C1CC(C(F)(F)F)CN1N. The number of hydrogen-bond donors (Lipinski definition) is 1. The van der Waals surface area contributed by atoms with E-state index < -0.39 is 29.7 Å². The fourth-order valence-electron chi connectivity index (χ4n) is 1.70. The van der Waals surface area contributed by atoms with Crippen molar-refractivity contribution in [3.63, 3.8) is 0 Å². The van der Waals surface area contributed by atoms with Crippen LogP contribution in [0.1, 0.15) is 27.2 Å². The first-order valence-corrected chi connectivity index (χ1v) is 5.31. The number of esters is 1. The Labute approximate surface area is 97.9 Å². The lowest BCUT2D eigenvalue weighted by Gasteiger charge is -2.24. The first-order chi connectivity index (χ1) is 7.50. The van der Waals surface area contributed by atoms with Crippen molar-refractivity contribution in [1.82, 2.24) is 5.01 Å². The molecule has 0 spiro atoms. The molecule has 1 aliphatic heterocycles. The molecular formula is C10H17F3N2O2. The summed E-state index contributed by atoms with van der Waals surface area (Å²) in [5.74, 6) is 3.15. The van der Waals surface area contributed by atoms with E-state index >= 15 is 0 Å². The van der Waals surface area contributed by atoms with Gasteiger partial charge < -0.3 is 4.74 Å². The Hall–Kier alpha value is -0.820. The van der Waals surface area contributed by atoms with E-state index in [1.807, 2.05) is 0 Å². The number of halogens is 3. The zero-order valence-electron chi connectivity index (χ0n) is 10.0. The third-order valence-corrected chi connectivity index (χ3v) is 2.48. The molecule has 1 heterocycles. The lowest BCUT2D eigenvalue weighted by Crippen LogP contribution is -2.44. The van der Waals surface area contributed by atoms with E-state index in [4.69, 9.17) is 10.6 Å². The van der Waals surface area contributed by atoms with Gasteiger partial charge in [-0.25, -0.2) is 5.01 Å². The summed E-state index contributed by atoms with van der Waals surface area (Å²) >= 11 is 0. The normalized spacial score (nSPS) is 27.2. The van der Waals surface area contributed by atoms with Gasteiger partial charge in [-0.3, -0.25) is 10.6 Å². The van der Waals surface area contributed by atoms with Gasteiger partial charge in [-0.05, 0) is 27.2 Å². The summed E-state index contributed by atoms with van der Waals surface area (Å²) in [5, 5.41) is 0.909. The van der Waals surface area contributed by atoms with Crippen molar-refractivity contribution in [2.75, 3.05) is 6.54 Å². The monoisotopic (exact) mass is 254 g/mol. The van der Waals surface area contributed by atoms with Gasteiger partial charge in [0.2, 0.25) is 0 Å². The van der Waals surface area contributed by atoms with Crippen LogP contribution in [-0.2, 0) is 9.53 Å². The van der Waals surface area contributed by atoms with Gasteiger partial charge >= 0.3 is 12.1 Å². The lowest BCUT2D eigenvalue weighted by atomic mass is 10.1. The highest BCUT2D eigenvalue weighted by molar-refractivity contribution is 5.76. The van der Waals surface area contributed by atoms with Gasteiger partial charge in [-0.1, -0.05) is 0 Å². The Balaban J connectivity index is 2.65. The molecule has 1 saturated heterocycles. The molecule has 2 N–H and O–H groups in total. The Bertz CT molecular complexity index is 299. The number of hydrogen-bond acceptors (Lipinski definition) is 4. The molecule has 1 fully saturated rings. The summed E-state index contributed by atoms with van der Waals surface area (Å²) < 4.78 is 42.4. The van der Waals surface area contributed by atoms with Gasteiger partial charge in [0.25, 0.3) is 0 Å². The molecule has 2 unspecified atom stereocenters. The number of carbonyl (C=O) groups excluding carboxylic acids is 1. The smallest absolute Gasteiger partial charge is 0.393 e. The summed E-state index contributed by atoms with van der Waals surface area (Å²) in [7, 11) is 0. The number of ether oxygens (including phenoxy) is 1. The molecular weight excluding hydrogens is 237 g/mol. The van der Waals surface area contributed by atoms with Crippen LogP contribution < -0.4 is 5.84 Å². The number of nitrogens with zero attached hydrogens (tertiary/aromatic N) is 1. The maximum Gasteiger partial charge on any atom is 0.393 e. The topological polar surface area (TPSA) is 55.6 Å². The minimum Gasteiger partial charge on any atom is -0.459 e. The average Bonchev–Trinajstić information content (AvgIpc) is 2.42. The fraction of sp³-hybridized carbons (Fsp3) is 0.900. The molecule has 0 amide bonds. The van der Waals surface area contributed by atoms with Gasteiger partial charge in [-0.2, -0.15) is 13.2 Å². The van der Waals surface area contributed by atoms with Crippen LogP contribution in [0, 0.1) is 5.92 Å². The lowest BCUT2D eigenvalue weighted by molar-refractivity contribution is -0.171. The van der Waals surface area contributed by atoms with Gasteiger partial charge in [-0.15, -0.1) is 0 Å². The largest absolute Gasteiger partial charge is 0.459 e. The molecule has 0 aliphatic carbocycles. The Morgan fingerprint density at radius 2 is 1.88 bits per heavy atom. The molecule has 100 valence electrons. The highest BCUT2D eigenvalue weighted by atomic mass is 19.4. The van der Waals surface area contributed by atoms with Crippen molar-refractivity contribution in [3.05, 3.63) is 0 Å². The molecule has 0 radical (unpaired) electrons. The number of carbonyl (C=O) groups is 1. The van der Waals surface area contributed by atoms with E-state index in [1.54, 1.807) is 20.8 Å². The Kier molecular flexibility index (Phi) is 3.73. The van der Waals surface area contributed by atoms with Crippen LogP contribution in [-0.4, -0.2) is 35.3 Å².